The van der Waals surface area contributed by atoms with Crippen molar-refractivity contribution in [2.45, 2.75) is 6.42 Å². The molecule has 0 saturated heterocycles. The number of nitro groups is 1. The maximum Gasteiger partial charge on any atom is 0.319 e. The molecule has 0 fully saturated rings. The average Bonchev–Trinajstić information content (AvgIpc) is 2.50. The van der Waals surface area contributed by atoms with Gasteiger partial charge in [0.1, 0.15) is 0 Å². The van der Waals surface area contributed by atoms with E-state index >= 15 is 0 Å². The second-order valence-corrected chi connectivity index (χ2v) is 4.94. The molecule has 2 aromatic rings. The lowest BCUT2D eigenvalue weighted by atomic mass is 10.1. The number of carbonyl (C=O) groups excluding carboxylic acids is 1. The molecule has 2 aromatic carbocycles. The van der Waals surface area contributed by atoms with E-state index in [1.165, 1.54) is 18.2 Å². The predicted octanol–water partition coefficient (Wildman–Crippen LogP) is 3.61. The lowest BCUT2D eigenvalue weighted by Gasteiger charge is -2.09. The maximum absolute atomic E-state index is 11.8. The van der Waals surface area contributed by atoms with Crippen molar-refractivity contribution in [3.63, 3.8) is 0 Å². The van der Waals surface area contributed by atoms with Crippen LogP contribution in [0.25, 0.3) is 0 Å². The van der Waals surface area contributed by atoms with Gasteiger partial charge in [0.15, 0.2) is 0 Å². The van der Waals surface area contributed by atoms with Crippen molar-refractivity contribution in [2.24, 2.45) is 0 Å². The summed E-state index contributed by atoms with van der Waals surface area (Å²) in [5.74, 6) is 0. The predicted molar refractivity (Wildman–Crippen MR) is 85.3 cm³/mol. The van der Waals surface area contributed by atoms with Crippen molar-refractivity contribution in [3.05, 3.63) is 69.2 Å². The van der Waals surface area contributed by atoms with Crippen LogP contribution in [0, 0.1) is 10.1 Å². The van der Waals surface area contributed by atoms with E-state index in [1.807, 2.05) is 30.3 Å². The molecule has 2 N–H and O–H groups in total. The smallest absolute Gasteiger partial charge is 0.319 e. The third kappa shape index (κ3) is 4.46. The summed E-state index contributed by atoms with van der Waals surface area (Å²) in [5, 5.41) is 16.1. The first-order chi connectivity index (χ1) is 10.6. The molecule has 22 heavy (non-hydrogen) atoms. The third-order valence-corrected chi connectivity index (χ3v) is 3.28. The number of nitro benzene ring substituents is 1. The fourth-order valence-electron chi connectivity index (χ4n) is 1.85. The van der Waals surface area contributed by atoms with Crippen LogP contribution in [0.1, 0.15) is 5.56 Å². The number of nitrogens with one attached hydrogen (secondary N) is 2. The minimum Gasteiger partial charge on any atom is -0.338 e. The summed E-state index contributed by atoms with van der Waals surface area (Å²) in [6.45, 7) is 0.447. The zero-order valence-electron chi connectivity index (χ0n) is 11.6. The molecule has 0 bridgehead atoms. The zero-order valence-corrected chi connectivity index (χ0v) is 12.3. The highest BCUT2D eigenvalue weighted by Gasteiger charge is 2.11. The second kappa shape index (κ2) is 7.42. The molecule has 0 aliphatic heterocycles. The highest BCUT2D eigenvalue weighted by molar-refractivity contribution is 6.33. The lowest BCUT2D eigenvalue weighted by Crippen LogP contribution is -2.30. The number of hydrogen-bond donors (Lipinski definition) is 2. The summed E-state index contributed by atoms with van der Waals surface area (Å²) < 4.78 is 0. The molecular formula is C15H14ClN3O3. The molecule has 2 amide bonds. The SMILES string of the molecule is O=C(NCCc1ccccc1)Nc1cc([N+](=O)[O-])ccc1Cl. The number of amides is 2. The topological polar surface area (TPSA) is 84.3 Å². The number of non-ortho nitro benzene ring substituents is 1. The van der Waals surface area contributed by atoms with Gasteiger partial charge in [-0.3, -0.25) is 10.1 Å². The number of anilines is 1. The number of hydrogen-bond acceptors (Lipinski definition) is 3. The fourth-order valence-corrected chi connectivity index (χ4v) is 2.02. The van der Waals surface area contributed by atoms with Crippen molar-refractivity contribution in [1.29, 1.82) is 0 Å². The summed E-state index contributed by atoms with van der Waals surface area (Å²) in [6, 6.07) is 13.1. The van der Waals surface area contributed by atoms with E-state index in [-0.39, 0.29) is 16.4 Å². The quantitative estimate of drug-likeness (QED) is 0.652. The molecule has 0 aliphatic carbocycles. The van der Waals surface area contributed by atoms with Gasteiger partial charge in [-0.25, -0.2) is 4.79 Å². The van der Waals surface area contributed by atoms with Gasteiger partial charge in [0.2, 0.25) is 0 Å². The number of benzene rings is 2. The first-order valence-corrected chi connectivity index (χ1v) is 6.97. The third-order valence-electron chi connectivity index (χ3n) is 2.95. The van der Waals surface area contributed by atoms with Gasteiger partial charge in [0.25, 0.3) is 5.69 Å². The van der Waals surface area contributed by atoms with Gasteiger partial charge >= 0.3 is 6.03 Å². The van der Waals surface area contributed by atoms with Crippen LogP contribution in [0.15, 0.2) is 48.5 Å². The molecule has 0 aliphatic rings. The van der Waals surface area contributed by atoms with E-state index in [9.17, 15) is 14.9 Å². The first-order valence-electron chi connectivity index (χ1n) is 6.59. The summed E-state index contributed by atoms with van der Waals surface area (Å²) >= 11 is 5.91. The monoisotopic (exact) mass is 319 g/mol. The highest BCUT2D eigenvalue weighted by atomic mass is 35.5. The Morgan fingerprint density at radius 2 is 1.91 bits per heavy atom. The van der Waals surface area contributed by atoms with E-state index in [1.54, 1.807) is 0 Å². The maximum atomic E-state index is 11.8. The Morgan fingerprint density at radius 3 is 2.59 bits per heavy atom. The van der Waals surface area contributed by atoms with Gasteiger partial charge in [-0.05, 0) is 18.1 Å². The fraction of sp³-hybridized carbons (Fsp3) is 0.133. The molecule has 2 rings (SSSR count). The van der Waals surface area contributed by atoms with Gasteiger partial charge in [-0.2, -0.15) is 0 Å². The molecule has 0 saturated carbocycles. The Kier molecular flexibility index (Phi) is 5.32. The molecule has 0 unspecified atom stereocenters. The van der Waals surface area contributed by atoms with Crippen LogP contribution in [-0.4, -0.2) is 17.5 Å². The van der Waals surface area contributed by atoms with Crippen LogP contribution < -0.4 is 10.6 Å². The van der Waals surface area contributed by atoms with Crippen LogP contribution in [0.3, 0.4) is 0 Å². The first kappa shape index (κ1) is 15.8. The van der Waals surface area contributed by atoms with Gasteiger partial charge in [-0.15, -0.1) is 0 Å². The molecule has 0 radical (unpaired) electrons. The molecule has 6 nitrogen and oxygen atoms in total. The van der Waals surface area contributed by atoms with E-state index in [0.717, 1.165) is 5.56 Å². The van der Waals surface area contributed by atoms with Gasteiger partial charge in [-0.1, -0.05) is 41.9 Å². The Morgan fingerprint density at radius 1 is 1.18 bits per heavy atom. The summed E-state index contributed by atoms with van der Waals surface area (Å²) in [4.78, 5) is 22.0. The molecular weight excluding hydrogens is 306 g/mol. The minimum absolute atomic E-state index is 0.135. The van der Waals surface area contributed by atoms with Crippen LogP contribution in [0.2, 0.25) is 5.02 Å². The number of nitrogens with zero attached hydrogens (tertiary/aromatic N) is 1. The normalized spacial score (nSPS) is 10.0. The molecule has 114 valence electrons. The van der Waals surface area contributed by atoms with E-state index in [4.69, 9.17) is 11.6 Å². The van der Waals surface area contributed by atoms with Gasteiger partial charge in [0.05, 0.1) is 15.6 Å². The molecule has 0 heterocycles. The second-order valence-electron chi connectivity index (χ2n) is 4.54. The van der Waals surface area contributed by atoms with Crippen LogP contribution in [-0.2, 0) is 6.42 Å². The Hall–Kier alpha value is -2.60. The van der Waals surface area contributed by atoms with Gasteiger partial charge < -0.3 is 10.6 Å². The number of carbonyl (C=O) groups is 1. The number of urea groups is 1. The molecule has 7 heteroatoms. The average molecular weight is 320 g/mol. The van der Waals surface area contributed by atoms with E-state index in [2.05, 4.69) is 10.6 Å². The van der Waals surface area contributed by atoms with Crippen LogP contribution in [0.4, 0.5) is 16.2 Å². The summed E-state index contributed by atoms with van der Waals surface area (Å²) in [5.41, 5.74) is 1.17. The van der Waals surface area contributed by atoms with Crippen molar-refractivity contribution >= 4 is 29.0 Å². The van der Waals surface area contributed by atoms with Crippen molar-refractivity contribution in [3.8, 4) is 0 Å². The van der Waals surface area contributed by atoms with E-state index in [0.29, 0.717) is 13.0 Å². The Bertz CT molecular complexity index is 677. The number of rotatable bonds is 5. The van der Waals surface area contributed by atoms with Crippen molar-refractivity contribution in [2.75, 3.05) is 11.9 Å². The minimum atomic E-state index is -0.547. The Balaban J connectivity index is 1.89. The molecule has 0 spiro atoms. The van der Waals surface area contributed by atoms with Gasteiger partial charge in [0, 0.05) is 18.7 Å². The van der Waals surface area contributed by atoms with E-state index < -0.39 is 11.0 Å². The largest absolute Gasteiger partial charge is 0.338 e. The standard InChI is InChI=1S/C15H14ClN3O3/c16-13-7-6-12(19(21)22)10-14(13)18-15(20)17-9-8-11-4-2-1-3-5-11/h1-7,10H,8-9H2,(H2,17,18,20). The molecule has 0 atom stereocenters. The Labute approximate surface area is 132 Å². The molecule has 0 aromatic heterocycles. The lowest BCUT2D eigenvalue weighted by molar-refractivity contribution is -0.384. The van der Waals surface area contributed by atoms with Crippen LogP contribution in [0.5, 0.6) is 0 Å². The number of halogens is 1. The zero-order chi connectivity index (χ0) is 15.9. The van der Waals surface area contributed by atoms with Crippen molar-refractivity contribution in [1.82, 2.24) is 5.32 Å². The van der Waals surface area contributed by atoms with Crippen molar-refractivity contribution < 1.29 is 9.72 Å². The van der Waals surface area contributed by atoms with Crippen LogP contribution >= 0.6 is 11.6 Å². The highest BCUT2D eigenvalue weighted by Crippen LogP contribution is 2.26. The summed E-state index contributed by atoms with van der Waals surface area (Å²) in [7, 11) is 0. The summed E-state index contributed by atoms with van der Waals surface area (Å²) in [6.07, 6.45) is 0.691.